The lowest BCUT2D eigenvalue weighted by Gasteiger charge is -2.35. The van der Waals surface area contributed by atoms with Crippen molar-refractivity contribution >= 4 is 30.7 Å². The highest BCUT2D eigenvalue weighted by molar-refractivity contribution is 5.85. The molecule has 1 unspecified atom stereocenters. The summed E-state index contributed by atoms with van der Waals surface area (Å²) in [7, 11) is 0. The minimum absolute atomic E-state index is 0. The van der Waals surface area contributed by atoms with Crippen molar-refractivity contribution in [3.8, 4) is 0 Å². The van der Waals surface area contributed by atoms with Crippen molar-refractivity contribution in [2.45, 2.75) is 19.5 Å². The minimum atomic E-state index is -0.116. The van der Waals surface area contributed by atoms with Crippen LogP contribution in [0.1, 0.15) is 11.3 Å². The van der Waals surface area contributed by atoms with E-state index in [9.17, 15) is 4.79 Å². The molecule has 1 atom stereocenters. The summed E-state index contributed by atoms with van der Waals surface area (Å²) in [5.41, 5.74) is 2.37. The van der Waals surface area contributed by atoms with Gasteiger partial charge in [-0.3, -0.25) is 20.0 Å². The molecule has 1 saturated heterocycles. The highest BCUT2D eigenvalue weighted by Crippen LogP contribution is 2.11. The molecule has 0 spiro atoms. The predicted octanol–water partition coefficient (Wildman–Crippen LogP) is 1.41. The van der Waals surface area contributed by atoms with Crippen LogP contribution >= 0.6 is 24.8 Å². The summed E-state index contributed by atoms with van der Waals surface area (Å²) in [5, 5.41) is 3.19. The van der Waals surface area contributed by atoms with E-state index in [2.05, 4.69) is 28.2 Å². The fourth-order valence-electron chi connectivity index (χ4n) is 2.86. The van der Waals surface area contributed by atoms with Gasteiger partial charge in [-0.1, -0.05) is 18.2 Å². The monoisotopic (exact) mass is 358 g/mol. The van der Waals surface area contributed by atoms with Crippen molar-refractivity contribution in [1.29, 1.82) is 0 Å². The van der Waals surface area contributed by atoms with Gasteiger partial charge in [0.2, 0.25) is 5.91 Å². The zero-order valence-electron chi connectivity index (χ0n) is 13.3. The van der Waals surface area contributed by atoms with E-state index in [-0.39, 0.29) is 36.8 Å². The van der Waals surface area contributed by atoms with Crippen LogP contribution in [0, 0.1) is 6.92 Å². The van der Waals surface area contributed by atoms with Crippen LogP contribution in [0.15, 0.2) is 30.5 Å². The SMILES string of the molecule is Cc1cccnc1CN1CCN(C(=O)C2C=CCN2)CC1.Cl.Cl. The molecule has 2 aliphatic heterocycles. The van der Waals surface area contributed by atoms with Gasteiger partial charge in [0.25, 0.3) is 0 Å². The number of halogens is 2. The Bertz CT molecular complexity index is 545. The first-order valence-electron chi connectivity index (χ1n) is 7.56. The summed E-state index contributed by atoms with van der Waals surface area (Å²) in [4.78, 5) is 21.1. The van der Waals surface area contributed by atoms with Crippen molar-refractivity contribution in [1.82, 2.24) is 20.1 Å². The van der Waals surface area contributed by atoms with Crippen LogP contribution in [0.3, 0.4) is 0 Å². The molecule has 0 saturated carbocycles. The number of nitrogens with zero attached hydrogens (tertiary/aromatic N) is 3. The first-order valence-corrected chi connectivity index (χ1v) is 7.56. The van der Waals surface area contributed by atoms with Crippen LogP contribution in [0.25, 0.3) is 0 Å². The van der Waals surface area contributed by atoms with Crippen LogP contribution in [-0.4, -0.2) is 59.5 Å². The summed E-state index contributed by atoms with van der Waals surface area (Å²) in [5.74, 6) is 0.206. The van der Waals surface area contributed by atoms with Gasteiger partial charge in [0, 0.05) is 45.5 Å². The lowest BCUT2D eigenvalue weighted by atomic mass is 10.2. The van der Waals surface area contributed by atoms with Gasteiger partial charge in [-0.05, 0) is 18.6 Å². The Hall–Kier alpha value is -1.14. The number of pyridine rings is 1. The molecule has 7 heteroatoms. The van der Waals surface area contributed by atoms with Gasteiger partial charge in [-0.2, -0.15) is 0 Å². The first kappa shape index (κ1) is 19.9. The van der Waals surface area contributed by atoms with Crippen LogP contribution in [-0.2, 0) is 11.3 Å². The Morgan fingerprint density at radius 3 is 2.65 bits per heavy atom. The molecule has 0 aliphatic carbocycles. The van der Waals surface area contributed by atoms with Crippen molar-refractivity contribution in [3.05, 3.63) is 41.7 Å². The van der Waals surface area contributed by atoms with E-state index in [0.717, 1.165) is 45.0 Å². The average molecular weight is 359 g/mol. The number of hydrogen-bond donors (Lipinski definition) is 1. The molecular formula is C16H24Cl2N4O. The summed E-state index contributed by atoms with van der Waals surface area (Å²) < 4.78 is 0. The lowest BCUT2D eigenvalue weighted by Crippen LogP contribution is -2.52. The fraction of sp³-hybridized carbons (Fsp3) is 0.500. The van der Waals surface area contributed by atoms with Gasteiger partial charge in [0.05, 0.1) is 5.69 Å². The molecule has 128 valence electrons. The van der Waals surface area contributed by atoms with Crippen LogP contribution < -0.4 is 5.32 Å². The molecule has 1 aromatic heterocycles. The molecule has 1 fully saturated rings. The molecule has 0 aromatic carbocycles. The Balaban J connectivity index is 0.00000132. The smallest absolute Gasteiger partial charge is 0.243 e. The number of carbonyl (C=O) groups is 1. The summed E-state index contributed by atoms with van der Waals surface area (Å²) in [6, 6.07) is 3.95. The maximum Gasteiger partial charge on any atom is 0.243 e. The van der Waals surface area contributed by atoms with E-state index < -0.39 is 0 Å². The van der Waals surface area contributed by atoms with Gasteiger partial charge in [-0.15, -0.1) is 24.8 Å². The number of aromatic nitrogens is 1. The lowest BCUT2D eigenvalue weighted by molar-refractivity contribution is -0.133. The Kier molecular flexibility index (Phi) is 7.99. The second-order valence-corrected chi connectivity index (χ2v) is 5.68. The summed E-state index contributed by atoms with van der Waals surface area (Å²) in [6.45, 7) is 7.20. The van der Waals surface area contributed by atoms with Crippen molar-refractivity contribution < 1.29 is 4.79 Å². The molecular weight excluding hydrogens is 335 g/mol. The van der Waals surface area contributed by atoms with Gasteiger partial charge >= 0.3 is 0 Å². The number of nitrogens with one attached hydrogen (secondary N) is 1. The van der Waals surface area contributed by atoms with Crippen LogP contribution in [0.5, 0.6) is 0 Å². The standard InChI is InChI=1S/C16H22N4O.2ClH/c1-13-4-2-6-18-15(13)12-19-8-10-20(11-9-19)16(21)14-5-3-7-17-14;;/h2-6,14,17H,7-12H2,1H3;2*1H. The molecule has 1 N–H and O–H groups in total. The average Bonchev–Trinajstić information content (AvgIpc) is 3.04. The third-order valence-electron chi connectivity index (χ3n) is 4.23. The van der Waals surface area contributed by atoms with E-state index >= 15 is 0 Å². The van der Waals surface area contributed by atoms with Crippen molar-refractivity contribution in [2.75, 3.05) is 32.7 Å². The van der Waals surface area contributed by atoms with E-state index in [1.807, 2.05) is 29.3 Å². The number of piperazine rings is 1. The van der Waals surface area contributed by atoms with Gasteiger partial charge in [-0.25, -0.2) is 0 Å². The topological polar surface area (TPSA) is 48.5 Å². The van der Waals surface area contributed by atoms with E-state index in [1.54, 1.807) is 0 Å². The number of hydrogen-bond acceptors (Lipinski definition) is 4. The largest absolute Gasteiger partial charge is 0.338 e. The molecule has 1 aromatic rings. The summed E-state index contributed by atoms with van der Waals surface area (Å²) in [6.07, 6.45) is 5.83. The fourth-order valence-corrected chi connectivity index (χ4v) is 2.86. The van der Waals surface area contributed by atoms with Crippen molar-refractivity contribution in [2.24, 2.45) is 0 Å². The second-order valence-electron chi connectivity index (χ2n) is 5.68. The highest BCUT2D eigenvalue weighted by Gasteiger charge is 2.27. The van der Waals surface area contributed by atoms with Crippen LogP contribution in [0.2, 0.25) is 0 Å². The molecule has 3 rings (SSSR count). The first-order chi connectivity index (χ1) is 10.2. The zero-order chi connectivity index (χ0) is 14.7. The maximum atomic E-state index is 12.3. The molecule has 1 amide bonds. The zero-order valence-corrected chi connectivity index (χ0v) is 14.9. The minimum Gasteiger partial charge on any atom is -0.338 e. The normalized spacial score (nSPS) is 20.7. The molecule has 3 heterocycles. The Morgan fingerprint density at radius 2 is 2.04 bits per heavy atom. The number of amides is 1. The number of carbonyl (C=O) groups excluding carboxylic acids is 1. The van der Waals surface area contributed by atoms with Gasteiger partial charge in [0.1, 0.15) is 6.04 Å². The molecule has 0 radical (unpaired) electrons. The molecule has 5 nitrogen and oxygen atoms in total. The third kappa shape index (κ3) is 4.91. The number of aryl methyl sites for hydroxylation is 1. The predicted molar refractivity (Wildman–Crippen MR) is 96.3 cm³/mol. The Morgan fingerprint density at radius 1 is 1.30 bits per heavy atom. The molecule has 0 bridgehead atoms. The Labute approximate surface area is 150 Å². The van der Waals surface area contributed by atoms with E-state index in [4.69, 9.17) is 0 Å². The number of rotatable bonds is 3. The quantitative estimate of drug-likeness (QED) is 0.829. The molecule has 23 heavy (non-hydrogen) atoms. The molecule has 2 aliphatic rings. The second kappa shape index (κ2) is 9.23. The van der Waals surface area contributed by atoms with E-state index in [0.29, 0.717) is 0 Å². The van der Waals surface area contributed by atoms with Crippen LogP contribution in [0.4, 0.5) is 0 Å². The van der Waals surface area contributed by atoms with Gasteiger partial charge < -0.3 is 4.90 Å². The van der Waals surface area contributed by atoms with E-state index in [1.165, 1.54) is 5.56 Å². The maximum absolute atomic E-state index is 12.3. The summed E-state index contributed by atoms with van der Waals surface area (Å²) >= 11 is 0. The third-order valence-corrected chi connectivity index (χ3v) is 4.23. The van der Waals surface area contributed by atoms with Gasteiger partial charge in [0.15, 0.2) is 0 Å². The highest BCUT2D eigenvalue weighted by atomic mass is 35.5. The van der Waals surface area contributed by atoms with Crippen molar-refractivity contribution in [3.63, 3.8) is 0 Å².